The van der Waals surface area contributed by atoms with E-state index in [1.807, 2.05) is 31.2 Å². The lowest BCUT2D eigenvalue weighted by Gasteiger charge is -2.30. The molecule has 0 spiro atoms. The molecule has 1 heterocycles. The van der Waals surface area contributed by atoms with Gasteiger partial charge in [-0.15, -0.1) is 0 Å². The maximum Gasteiger partial charge on any atom is 0.228 e. The molecule has 0 saturated carbocycles. The van der Waals surface area contributed by atoms with Crippen LogP contribution in [-0.2, 0) is 16.0 Å². The summed E-state index contributed by atoms with van der Waals surface area (Å²) in [7, 11) is 0. The molecule has 0 aromatic heterocycles. The molecule has 152 valence electrons. The molecule has 0 aliphatic carbocycles. The van der Waals surface area contributed by atoms with Crippen LogP contribution in [0.25, 0.3) is 0 Å². The van der Waals surface area contributed by atoms with E-state index < -0.39 is 0 Å². The summed E-state index contributed by atoms with van der Waals surface area (Å²) in [4.78, 5) is 14.8. The first-order valence-corrected chi connectivity index (χ1v) is 9.40. The highest BCUT2D eigenvalue weighted by atomic mass is 16.5. The van der Waals surface area contributed by atoms with Crippen molar-refractivity contribution in [2.45, 2.75) is 13.3 Å². The second kappa shape index (κ2) is 8.74. The summed E-state index contributed by atoms with van der Waals surface area (Å²) < 4.78 is 5.39. The van der Waals surface area contributed by atoms with Crippen LogP contribution in [-0.4, -0.2) is 43.9 Å². The Morgan fingerprint density at radius 1 is 1.10 bits per heavy atom. The summed E-state index contributed by atoms with van der Waals surface area (Å²) >= 11 is 0. The number of hydrogen-bond acceptors (Lipinski definition) is 5. The monoisotopic (exact) mass is 394 g/mol. The van der Waals surface area contributed by atoms with Crippen LogP contribution in [0.15, 0.2) is 36.4 Å². The van der Waals surface area contributed by atoms with E-state index in [2.05, 4.69) is 10.2 Å². The zero-order valence-corrected chi connectivity index (χ0v) is 16.4. The predicted molar refractivity (Wildman–Crippen MR) is 115 cm³/mol. The molecule has 0 bridgehead atoms. The molecule has 1 fully saturated rings. The average molecular weight is 394 g/mol. The Hall–Kier alpha value is -3.39. The first-order chi connectivity index (χ1) is 13.8. The molecular weight excluding hydrogens is 368 g/mol. The van der Waals surface area contributed by atoms with Crippen LogP contribution >= 0.6 is 0 Å². The highest BCUT2D eigenvalue weighted by molar-refractivity contribution is 6.13. The normalized spacial score (nSPS) is 13.8. The fourth-order valence-corrected chi connectivity index (χ4v) is 3.38. The first kappa shape index (κ1) is 20.3. The van der Waals surface area contributed by atoms with E-state index in [-0.39, 0.29) is 24.0 Å². The maximum atomic E-state index is 12.7. The third kappa shape index (κ3) is 4.91. The van der Waals surface area contributed by atoms with Crippen molar-refractivity contribution in [2.24, 2.45) is 11.5 Å². The Morgan fingerprint density at radius 2 is 1.72 bits per heavy atom. The van der Waals surface area contributed by atoms with Gasteiger partial charge in [0.2, 0.25) is 5.91 Å². The summed E-state index contributed by atoms with van der Waals surface area (Å²) in [5.41, 5.74) is 15.3. The average Bonchev–Trinajstić information content (AvgIpc) is 2.68. The fourth-order valence-electron chi connectivity index (χ4n) is 3.38. The van der Waals surface area contributed by atoms with Crippen molar-refractivity contribution >= 4 is 29.0 Å². The number of nitrogen functional groups attached to an aromatic ring is 2. The van der Waals surface area contributed by atoms with Gasteiger partial charge in [0, 0.05) is 29.9 Å². The second-order valence-electron chi connectivity index (χ2n) is 7.06. The van der Waals surface area contributed by atoms with Crippen molar-refractivity contribution in [1.82, 2.24) is 0 Å². The van der Waals surface area contributed by atoms with Gasteiger partial charge < -0.3 is 26.4 Å². The highest BCUT2D eigenvalue weighted by Gasteiger charge is 2.21. The topological polar surface area (TPSA) is 141 Å². The molecule has 7 N–H and O–H groups in total. The summed E-state index contributed by atoms with van der Waals surface area (Å²) in [6, 6.07) is 11.2. The summed E-state index contributed by atoms with van der Waals surface area (Å²) in [5, 5.41) is 18.8. The van der Waals surface area contributed by atoms with Gasteiger partial charge in [0.05, 0.1) is 25.3 Å². The molecule has 0 unspecified atom stereocenters. The molecule has 1 aliphatic rings. The quantitative estimate of drug-likeness (QED) is 0.374. The SMILES string of the molecule is Cc1cccc(CC(=O)Nc2c(C(=N)N)cc(N3CCOCC3)cc2C(=N)N)c1. The largest absolute Gasteiger partial charge is 0.384 e. The van der Waals surface area contributed by atoms with Gasteiger partial charge in [-0.3, -0.25) is 15.6 Å². The predicted octanol–water partition coefficient (Wildman–Crippen LogP) is 1.58. The number of rotatable bonds is 6. The van der Waals surface area contributed by atoms with Gasteiger partial charge >= 0.3 is 0 Å². The standard InChI is InChI=1S/C21H26N6O2/c1-13-3-2-4-14(9-13)10-18(28)26-19-16(20(22)23)11-15(12-17(19)21(24)25)27-5-7-29-8-6-27/h2-4,9,11-12H,5-8,10H2,1H3,(H3,22,23)(H3,24,25)(H,26,28). The van der Waals surface area contributed by atoms with E-state index in [9.17, 15) is 4.79 Å². The molecule has 29 heavy (non-hydrogen) atoms. The van der Waals surface area contributed by atoms with E-state index in [1.54, 1.807) is 12.1 Å². The molecule has 8 nitrogen and oxygen atoms in total. The van der Waals surface area contributed by atoms with Crippen molar-refractivity contribution in [1.29, 1.82) is 10.8 Å². The third-order valence-electron chi connectivity index (χ3n) is 4.79. The summed E-state index contributed by atoms with van der Waals surface area (Å²) in [6.45, 7) is 4.54. The number of morpholine rings is 1. The summed E-state index contributed by atoms with van der Waals surface area (Å²) in [5.74, 6) is -0.665. The van der Waals surface area contributed by atoms with Gasteiger partial charge in [0.25, 0.3) is 0 Å². The van der Waals surface area contributed by atoms with E-state index in [1.165, 1.54) is 0 Å². The number of nitrogens with zero attached hydrogens (tertiary/aromatic N) is 1. The summed E-state index contributed by atoms with van der Waals surface area (Å²) in [6.07, 6.45) is 0.168. The van der Waals surface area contributed by atoms with Crippen molar-refractivity contribution in [2.75, 3.05) is 36.5 Å². The number of ether oxygens (including phenoxy) is 1. The lowest BCUT2D eigenvalue weighted by Crippen LogP contribution is -2.36. The van der Waals surface area contributed by atoms with Crippen LogP contribution in [0.3, 0.4) is 0 Å². The zero-order chi connectivity index (χ0) is 21.0. The van der Waals surface area contributed by atoms with E-state index in [0.29, 0.717) is 43.1 Å². The fraction of sp³-hybridized carbons (Fsp3) is 0.286. The van der Waals surface area contributed by atoms with E-state index in [0.717, 1.165) is 16.8 Å². The maximum absolute atomic E-state index is 12.7. The van der Waals surface area contributed by atoms with Crippen molar-refractivity contribution in [3.05, 3.63) is 58.7 Å². The molecule has 8 heteroatoms. The number of aryl methyl sites for hydroxylation is 1. The zero-order valence-electron chi connectivity index (χ0n) is 16.4. The number of anilines is 2. The van der Waals surface area contributed by atoms with Gasteiger partial charge in [-0.05, 0) is 24.6 Å². The minimum Gasteiger partial charge on any atom is -0.384 e. The van der Waals surface area contributed by atoms with Crippen LogP contribution < -0.4 is 21.7 Å². The molecule has 1 aliphatic heterocycles. The number of benzene rings is 2. The van der Waals surface area contributed by atoms with Crippen LogP contribution in [0.5, 0.6) is 0 Å². The lowest BCUT2D eigenvalue weighted by atomic mass is 10.0. The van der Waals surface area contributed by atoms with Crippen molar-refractivity contribution in [3.63, 3.8) is 0 Å². The second-order valence-corrected chi connectivity index (χ2v) is 7.06. The highest BCUT2D eigenvalue weighted by Crippen LogP contribution is 2.29. The number of nitrogens with one attached hydrogen (secondary N) is 3. The first-order valence-electron chi connectivity index (χ1n) is 9.40. The smallest absolute Gasteiger partial charge is 0.228 e. The van der Waals surface area contributed by atoms with E-state index >= 15 is 0 Å². The number of amidine groups is 2. The number of amides is 1. The molecular formula is C21H26N6O2. The molecule has 0 radical (unpaired) electrons. The Morgan fingerprint density at radius 3 is 2.28 bits per heavy atom. The van der Waals surface area contributed by atoms with Gasteiger partial charge in [-0.2, -0.15) is 0 Å². The van der Waals surface area contributed by atoms with Crippen LogP contribution in [0, 0.1) is 17.7 Å². The van der Waals surface area contributed by atoms with Crippen LogP contribution in [0.1, 0.15) is 22.3 Å². The number of carbonyl (C=O) groups is 1. The Balaban J connectivity index is 1.94. The minimum atomic E-state index is -0.264. The molecule has 0 atom stereocenters. The Kier molecular flexibility index (Phi) is 6.13. The molecule has 2 aromatic rings. The molecule has 1 amide bonds. The molecule has 2 aromatic carbocycles. The Labute approximate surface area is 169 Å². The van der Waals surface area contributed by atoms with Gasteiger partial charge in [-0.25, -0.2) is 0 Å². The van der Waals surface area contributed by atoms with Crippen molar-refractivity contribution < 1.29 is 9.53 Å². The van der Waals surface area contributed by atoms with Crippen molar-refractivity contribution in [3.8, 4) is 0 Å². The lowest BCUT2D eigenvalue weighted by molar-refractivity contribution is -0.115. The number of hydrogen-bond donors (Lipinski definition) is 5. The number of nitrogens with two attached hydrogens (primary N) is 2. The number of carbonyl (C=O) groups excluding carboxylic acids is 1. The Bertz CT molecular complexity index is 915. The van der Waals surface area contributed by atoms with Gasteiger partial charge in [0.1, 0.15) is 11.7 Å². The van der Waals surface area contributed by atoms with Gasteiger partial charge in [-0.1, -0.05) is 29.8 Å². The van der Waals surface area contributed by atoms with Crippen LogP contribution in [0.2, 0.25) is 0 Å². The van der Waals surface area contributed by atoms with E-state index in [4.69, 9.17) is 27.0 Å². The minimum absolute atomic E-state index is 0.168. The molecule has 1 saturated heterocycles. The van der Waals surface area contributed by atoms with Crippen LogP contribution in [0.4, 0.5) is 11.4 Å². The molecule has 3 rings (SSSR count). The third-order valence-corrected chi connectivity index (χ3v) is 4.79. The van der Waals surface area contributed by atoms with Gasteiger partial charge in [0.15, 0.2) is 0 Å².